The molecule has 0 saturated carbocycles. The molecule has 3 aromatic rings. The summed E-state index contributed by atoms with van der Waals surface area (Å²) in [6, 6.07) is 10.4. The minimum Gasteiger partial charge on any atom is -0.493 e. The van der Waals surface area contributed by atoms with Gasteiger partial charge in [0.2, 0.25) is 21.7 Å². The zero-order valence-electron chi connectivity index (χ0n) is 15.2. The number of sulfonamides is 1. The van der Waals surface area contributed by atoms with Crippen LogP contribution in [0.1, 0.15) is 11.5 Å². The number of halogens is 1. The summed E-state index contributed by atoms with van der Waals surface area (Å²) >= 11 is 0. The number of ether oxygens (including phenoxy) is 2. The monoisotopic (exact) mass is 407 g/mol. The van der Waals surface area contributed by atoms with Gasteiger partial charge in [-0.05, 0) is 35.9 Å². The van der Waals surface area contributed by atoms with Gasteiger partial charge in [0.25, 0.3) is 0 Å². The molecule has 0 fully saturated rings. The van der Waals surface area contributed by atoms with E-state index in [0.717, 1.165) is 0 Å². The molecule has 8 nitrogen and oxygen atoms in total. The lowest BCUT2D eigenvalue weighted by atomic mass is 10.2. The highest BCUT2D eigenvalue weighted by Gasteiger charge is 2.16. The van der Waals surface area contributed by atoms with Gasteiger partial charge in [-0.3, -0.25) is 0 Å². The molecule has 0 spiro atoms. The standard InChI is InChI=1S/C18H18FN3O5S/c1-25-15-8-5-13(9-16(15)26-2)18-21-17(27-22-18)10-20-28(23,24)11-12-3-6-14(19)7-4-12/h3-9,20H,10-11H2,1-2H3. The SMILES string of the molecule is COc1ccc(-c2noc(CNS(=O)(=O)Cc3ccc(F)cc3)n2)cc1OC. The Kier molecular flexibility index (Phi) is 5.90. The fraction of sp³-hybridized carbons (Fsp3) is 0.222. The number of methoxy groups -OCH3 is 2. The Morgan fingerprint density at radius 3 is 2.46 bits per heavy atom. The maximum Gasteiger partial charge on any atom is 0.242 e. The molecule has 0 saturated heterocycles. The Bertz CT molecular complexity index is 1050. The summed E-state index contributed by atoms with van der Waals surface area (Å²) in [5.41, 5.74) is 1.09. The molecule has 0 aliphatic heterocycles. The largest absolute Gasteiger partial charge is 0.493 e. The normalized spacial score (nSPS) is 11.4. The topological polar surface area (TPSA) is 104 Å². The molecule has 1 aromatic heterocycles. The van der Waals surface area contributed by atoms with E-state index < -0.39 is 15.8 Å². The number of nitrogens with zero attached hydrogens (tertiary/aromatic N) is 2. The van der Waals surface area contributed by atoms with Gasteiger partial charge in [0.15, 0.2) is 11.5 Å². The highest BCUT2D eigenvalue weighted by Crippen LogP contribution is 2.31. The van der Waals surface area contributed by atoms with Crippen molar-refractivity contribution >= 4 is 10.0 Å². The molecule has 0 amide bonds. The minimum absolute atomic E-state index is 0.104. The predicted octanol–water partition coefficient (Wildman–Crippen LogP) is 2.51. The lowest BCUT2D eigenvalue weighted by Crippen LogP contribution is -2.24. The first-order chi connectivity index (χ1) is 13.4. The van der Waals surface area contributed by atoms with Crippen molar-refractivity contribution in [1.82, 2.24) is 14.9 Å². The van der Waals surface area contributed by atoms with Gasteiger partial charge in [0, 0.05) is 5.56 Å². The number of aromatic nitrogens is 2. The van der Waals surface area contributed by atoms with Crippen molar-refractivity contribution < 1.29 is 26.8 Å². The van der Waals surface area contributed by atoms with E-state index in [-0.39, 0.29) is 24.0 Å². The molecule has 1 N–H and O–H groups in total. The zero-order chi connectivity index (χ0) is 20.1. The Hall–Kier alpha value is -2.98. The third-order valence-electron chi connectivity index (χ3n) is 3.82. The van der Waals surface area contributed by atoms with Crippen molar-refractivity contribution in [1.29, 1.82) is 0 Å². The molecular weight excluding hydrogens is 389 g/mol. The summed E-state index contributed by atoms with van der Waals surface area (Å²) in [6.07, 6.45) is 0. The van der Waals surface area contributed by atoms with Crippen LogP contribution >= 0.6 is 0 Å². The molecule has 0 aliphatic rings. The van der Waals surface area contributed by atoms with E-state index in [1.54, 1.807) is 18.2 Å². The average Bonchev–Trinajstić information content (AvgIpc) is 3.17. The second-order valence-electron chi connectivity index (χ2n) is 5.79. The Morgan fingerprint density at radius 1 is 1.07 bits per heavy atom. The van der Waals surface area contributed by atoms with Gasteiger partial charge in [-0.2, -0.15) is 4.98 Å². The Balaban J connectivity index is 1.66. The summed E-state index contributed by atoms with van der Waals surface area (Å²) in [6.45, 7) is -0.163. The molecule has 0 radical (unpaired) electrons. The first-order valence-corrected chi connectivity index (χ1v) is 9.82. The lowest BCUT2D eigenvalue weighted by molar-refractivity contribution is 0.355. The van der Waals surface area contributed by atoms with Crippen LogP contribution in [-0.2, 0) is 22.3 Å². The third-order valence-corrected chi connectivity index (χ3v) is 5.12. The van der Waals surface area contributed by atoms with E-state index in [0.29, 0.717) is 22.6 Å². The van der Waals surface area contributed by atoms with Crippen LogP contribution in [0.15, 0.2) is 47.0 Å². The maximum absolute atomic E-state index is 12.9. The first kappa shape index (κ1) is 19.8. The third kappa shape index (κ3) is 4.84. The van der Waals surface area contributed by atoms with Crippen LogP contribution in [0.3, 0.4) is 0 Å². The number of hydrogen-bond donors (Lipinski definition) is 1. The molecule has 28 heavy (non-hydrogen) atoms. The second kappa shape index (κ2) is 8.36. The van der Waals surface area contributed by atoms with Crippen LogP contribution in [-0.4, -0.2) is 32.8 Å². The fourth-order valence-corrected chi connectivity index (χ4v) is 3.52. The highest BCUT2D eigenvalue weighted by atomic mass is 32.2. The van der Waals surface area contributed by atoms with Crippen LogP contribution in [0, 0.1) is 5.82 Å². The molecular formula is C18H18FN3O5S. The Labute approximate surface area is 161 Å². The maximum atomic E-state index is 12.9. The lowest BCUT2D eigenvalue weighted by Gasteiger charge is -2.07. The number of hydrogen-bond acceptors (Lipinski definition) is 7. The van der Waals surface area contributed by atoms with Gasteiger partial charge < -0.3 is 14.0 Å². The number of rotatable bonds is 8. The van der Waals surface area contributed by atoms with Crippen LogP contribution in [0.4, 0.5) is 4.39 Å². The summed E-state index contributed by atoms with van der Waals surface area (Å²) < 4.78 is 55.1. The van der Waals surface area contributed by atoms with Gasteiger partial charge in [0.05, 0.1) is 26.5 Å². The molecule has 0 atom stereocenters. The second-order valence-corrected chi connectivity index (χ2v) is 7.59. The van der Waals surface area contributed by atoms with Crippen molar-refractivity contribution in [2.75, 3.05) is 14.2 Å². The van der Waals surface area contributed by atoms with Gasteiger partial charge in [-0.25, -0.2) is 17.5 Å². The minimum atomic E-state index is -3.66. The molecule has 0 aliphatic carbocycles. The molecule has 1 heterocycles. The molecule has 148 valence electrons. The van der Waals surface area contributed by atoms with Crippen LogP contribution < -0.4 is 14.2 Å². The first-order valence-electron chi connectivity index (χ1n) is 8.17. The molecule has 3 rings (SSSR count). The summed E-state index contributed by atoms with van der Waals surface area (Å²) in [7, 11) is -0.615. The molecule has 10 heteroatoms. The van der Waals surface area contributed by atoms with Crippen LogP contribution in [0.25, 0.3) is 11.4 Å². The van der Waals surface area contributed by atoms with Crippen molar-refractivity contribution in [2.45, 2.75) is 12.3 Å². The number of nitrogens with one attached hydrogen (secondary N) is 1. The summed E-state index contributed by atoms with van der Waals surface area (Å²) in [5, 5.41) is 3.85. The van der Waals surface area contributed by atoms with Crippen molar-refractivity contribution in [3.8, 4) is 22.9 Å². The van der Waals surface area contributed by atoms with E-state index in [2.05, 4.69) is 14.9 Å². The van der Waals surface area contributed by atoms with E-state index in [1.807, 2.05) is 0 Å². The molecule has 0 unspecified atom stereocenters. The van der Waals surface area contributed by atoms with Crippen LogP contribution in [0.2, 0.25) is 0 Å². The zero-order valence-corrected chi connectivity index (χ0v) is 16.0. The van der Waals surface area contributed by atoms with E-state index in [4.69, 9.17) is 14.0 Å². The fourth-order valence-electron chi connectivity index (χ4n) is 2.44. The Morgan fingerprint density at radius 2 is 1.79 bits per heavy atom. The number of benzene rings is 2. The van der Waals surface area contributed by atoms with Crippen LogP contribution in [0.5, 0.6) is 11.5 Å². The van der Waals surface area contributed by atoms with Crippen molar-refractivity contribution in [3.05, 3.63) is 59.7 Å². The molecule has 0 bridgehead atoms. The van der Waals surface area contributed by atoms with Gasteiger partial charge >= 0.3 is 0 Å². The van der Waals surface area contributed by atoms with Crippen molar-refractivity contribution in [3.63, 3.8) is 0 Å². The summed E-state index contributed by atoms with van der Waals surface area (Å²) in [5.74, 6) is 0.739. The van der Waals surface area contributed by atoms with Gasteiger partial charge in [-0.1, -0.05) is 17.3 Å². The van der Waals surface area contributed by atoms with E-state index in [9.17, 15) is 12.8 Å². The highest BCUT2D eigenvalue weighted by molar-refractivity contribution is 7.88. The van der Waals surface area contributed by atoms with E-state index >= 15 is 0 Å². The van der Waals surface area contributed by atoms with Crippen molar-refractivity contribution in [2.24, 2.45) is 0 Å². The van der Waals surface area contributed by atoms with Gasteiger partial charge in [-0.15, -0.1) is 0 Å². The smallest absolute Gasteiger partial charge is 0.242 e. The predicted molar refractivity (Wildman–Crippen MR) is 98.7 cm³/mol. The summed E-state index contributed by atoms with van der Waals surface area (Å²) in [4.78, 5) is 4.18. The van der Waals surface area contributed by atoms with E-state index in [1.165, 1.54) is 38.5 Å². The molecule has 2 aromatic carbocycles. The quantitative estimate of drug-likeness (QED) is 0.612. The average molecular weight is 407 g/mol. The van der Waals surface area contributed by atoms with Gasteiger partial charge in [0.1, 0.15) is 5.82 Å².